The van der Waals surface area contributed by atoms with Crippen LogP contribution in [0.25, 0.3) is 49.3 Å². The molecular formula is C39H31N5. The van der Waals surface area contributed by atoms with E-state index in [0.717, 1.165) is 5.69 Å². The van der Waals surface area contributed by atoms with Crippen molar-refractivity contribution < 1.29 is 0 Å². The number of aromatic nitrogens is 2. The molecule has 0 radical (unpaired) electrons. The summed E-state index contributed by atoms with van der Waals surface area (Å²) in [6.45, 7) is 0. The van der Waals surface area contributed by atoms with Gasteiger partial charge in [-0.3, -0.25) is 16.0 Å². The van der Waals surface area contributed by atoms with Crippen molar-refractivity contribution in [2.24, 2.45) is 0 Å². The summed E-state index contributed by atoms with van der Waals surface area (Å²) in [6.07, 6.45) is -0.319. The van der Waals surface area contributed by atoms with Gasteiger partial charge < -0.3 is 9.13 Å². The first-order valence-corrected chi connectivity index (χ1v) is 15.2. The van der Waals surface area contributed by atoms with Gasteiger partial charge in [-0.05, 0) is 41.5 Å². The molecule has 8 aromatic rings. The molecule has 5 nitrogen and oxygen atoms in total. The summed E-state index contributed by atoms with van der Waals surface area (Å²) in [4.78, 5) is 0. The molecule has 1 fully saturated rings. The van der Waals surface area contributed by atoms with Gasteiger partial charge in [-0.25, -0.2) is 0 Å². The summed E-state index contributed by atoms with van der Waals surface area (Å²) in [7, 11) is 0. The molecule has 212 valence electrons. The minimum absolute atomic E-state index is 0.0614. The van der Waals surface area contributed by atoms with Gasteiger partial charge in [-0.15, -0.1) is 0 Å². The average molecular weight is 570 g/mol. The minimum Gasteiger partial charge on any atom is -0.311 e. The van der Waals surface area contributed by atoms with Crippen LogP contribution in [-0.2, 0) is 0 Å². The first-order valence-electron chi connectivity index (χ1n) is 15.2. The van der Waals surface area contributed by atoms with Gasteiger partial charge in [0.15, 0.2) is 0 Å². The van der Waals surface area contributed by atoms with Crippen LogP contribution >= 0.6 is 0 Å². The van der Waals surface area contributed by atoms with Crippen LogP contribution in [-0.4, -0.2) is 9.13 Å². The molecule has 3 N–H and O–H groups in total. The zero-order valence-electron chi connectivity index (χ0n) is 24.1. The lowest BCUT2D eigenvalue weighted by atomic mass is 10.1. The molecule has 44 heavy (non-hydrogen) atoms. The van der Waals surface area contributed by atoms with Crippen molar-refractivity contribution >= 4 is 43.6 Å². The molecule has 2 aromatic heterocycles. The van der Waals surface area contributed by atoms with Gasteiger partial charge in [-0.2, -0.15) is 0 Å². The number of nitrogens with zero attached hydrogens (tertiary/aromatic N) is 2. The highest BCUT2D eigenvalue weighted by Gasteiger charge is 2.32. The molecular weight excluding hydrogens is 538 g/mol. The van der Waals surface area contributed by atoms with E-state index in [1.54, 1.807) is 0 Å². The first-order chi connectivity index (χ1) is 21.8. The molecule has 1 saturated heterocycles. The number of hydrogen-bond donors (Lipinski definition) is 3. The molecule has 0 spiro atoms. The first kappa shape index (κ1) is 25.3. The van der Waals surface area contributed by atoms with E-state index in [4.69, 9.17) is 0 Å². The van der Waals surface area contributed by atoms with Crippen LogP contribution in [0, 0.1) is 0 Å². The standard InChI is InChI=1S/C39H31N5/c1-4-14-26(15-5-1)37-40-38(27-16-6-2-7-17-27)42-39(41-37)44-32-22-12-10-20-29(32)30-24-25-34-35(36(30)44)31-21-11-13-23-33(31)43(34)28-18-8-3-9-19-28/h1-25,37-42H. The predicted molar refractivity (Wildman–Crippen MR) is 181 cm³/mol. The van der Waals surface area contributed by atoms with Crippen LogP contribution in [0.4, 0.5) is 0 Å². The Bertz CT molecular complexity index is 2220. The fraction of sp³-hybridized carbons (Fsp3) is 0.0769. The third kappa shape index (κ3) is 3.91. The van der Waals surface area contributed by atoms with Gasteiger partial charge >= 0.3 is 0 Å². The van der Waals surface area contributed by atoms with Crippen molar-refractivity contribution in [1.82, 2.24) is 25.1 Å². The quantitative estimate of drug-likeness (QED) is 0.199. The molecule has 0 aliphatic carbocycles. The molecule has 0 amide bonds. The topological polar surface area (TPSA) is 46.0 Å². The lowest BCUT2D eigenvalue weighted by molar-refractivity contribution is 0.161. The summed E-state index contributed by atoms with van der Waals surface area (Å²) in [5.74, 6) is 0. The van der Waals surface area contributed by atoms with Gasteiger partial charge in [-0.1, -0.05) is 121 Å². The molecule has 9 rings (SSSR count). The van der Waals surface area contributed by atoms with Crippen LogP contribution < -0.4 is 16.0 Å². The number of rotatable bonds is 4. The van der Waals surface area contributed by atoms with E-state index in [0.29, 0.717) is 0 Å². The summed E-state index contributed by atoms with van der Waals surface area (Å²) >= 11 is 0. The Balaban J connectivity index is 1.35. The second kappa shape index (κ2) is 10.2. The fourth-order valence-electron chi connectivity index (χ4n) is 7.12. The second-order valence-corrected chi connectivity index (χ2v) is 11.5. The Morgan fingerprint density at radius 3 is 1.61 bits per heavy atom. The summed E-state index contributed by atoms with van der Waals surface area (Å²) in [5, 5.41) is 16.7. The van der Waals surface area contributed by atoms with Crippen molar-refractivity contribution in [3.63, 3.8) is 0 Å². The zero-order chi connectivity index (χ0) is 29.0. The number of nitrogens with one attached hydrogen (secondary N) is 3. The highest BCUT2D eigenvalue weighted by Crippen LogP contribution is 2.42. The van der Waals surface area contributed by atoms with Gasteiger partial charge in [0.25, 0.3) is 0 Å². The Morgan fingerprint density at radius 1 is 0.409 bits per heavy atom. The van der Waals surface area contributed by atoms with Crippen LogP contribution in [0.5, 0.6) is 0 Å². The summed E-state index contributed by atoms with van der Waals surface area (Å²) < 4.78 is 4.89. The Labute approximate surface area is 255 Å². The van der Waals surface area contributed by atoms with Gasteiger partial charge in [0.05, 0.1) is 34.4 Å². The second-order valence-electron chi connectivity index (χ2n) is 11.5. The van der Waals surface area contributed by atoms with Crippen LogP contribution in [0.15, 0.2) is 152 Å². The summed E-state index contributed by atoms with van der Waals surface area (Å²) in [6, 6.07) is 54.2. The largest absolute Gasteiger partial charge is 0.311 e. The normalized spacial score (nSPS) is 18.9. The van der Waals surface area contributed by atoms with Crippen molar-refractivity contribution in [3.05, 3.63) is 163 Å². The van der Waals surface area contributed by atoms with Crippen molar-refractivity contribution in [2.75, 3.05) is 0 Å². The van der Waals surface area contributed by atoms with E-state index in [2.05, 4.69) is 177 Å². The third-order valence-corrected chi connectivity index (χ3v) is 9.03. The van der Waals surface area contributed by atoms with Crippen LogP contribution in [0.2, 0.25) is 0 Å². The Kier molecular flexibility index (Phi) is 5.87. The van der Waals surface area contributed by atoms with Crippen molar-refractivity contribution in [2.45, 2.75) is 18.6 Å². The highest BCUT2D eigenvalue weighted by atomic mass is 15.4. The van der Waals surface area contributed by atoms with Gasteiger partial charge in [0.2, 0.25) is 0 Å². The number of benzene rings is 6. The molecule has 5 heteroatoms. The van der Waals surface area contributed by atoms with E-state index < -0.39 is 0 Å². The predicted octanol–water partition coefficient (Wildman–Crippen LogP) is 8.53. The van der Waals surface area contributed by atoms with E-state index in [1.165, 1.54) is 54.7 Å². The van der Waals surface area contributed by atoms with E-state index in [9.17, 15) is 0 Å². The molecule has 1 aliphatic rings. The Hall–Kier alpha value is -5.20. The molecule has 0 bridgehead atoms. The maximum atomic E-state index is 3.94. The smallest absolute Gasteiger partial charge is 0.142 e. The van der Waals surface area contributed by atoms with E-state index in [-0.39, 0.29) is 18.6 Å². The minimum atomic E-state index is -0.196. The molecule has 0 saturated carbocycles. The van der Waals surface area contributed by atoms with Crippen LogP contribution in [0.1, 0.15) is 29.7 Å². The summed E-state index contributed by atoms with van der Waals surface area (Å²) in [5.41, 5.74) is 8.37. The van der Waals surface area contributed by atoms with Crippen molar-refractivity contribution in [1.29, 1.82) is 0 Å². The number of para-hydroxylation sites is 3. The zero-order valence-corrected chi connectivity index (χ0v) is 24.1. The average Bonchev–Trinajstić information content (AvgIpc) is 3.62. The maximum absolute atomic E-state index is 3.94. The molecule has 6 aromatic carbocycles. The fourth-order valence-corrected chi connectivity index (χ4v) is 7.12. The van der Waals surface area contributed by atoms with E-state index in [1.807, 2.05) is 0 Å². The SMILES string of the molecule is c1ccc(C2NC(c3ccccc3)NC(n3c4ccccc4c4ccc5c(c6ccccc6n5-c5ccccc5)c43)N2)cc1. The van der Waals surface area contributed by atoms with Gasteiger partial charge in [0.1, 0.15) is 6.29 Å². The molecule has 2 atom stereocenters. The van der Waals surface area contributed by atoms with Gasteiger partial charge in [0, 0.05) is 27.2 Å². The molecule has 1 aliphatic heterocycles. The lowest BCUT2D eigenvalue weighted by Gasteiger charge is -2.40. The third-order valence-electron chi connectivity index (χ3n) is 9.03. The van der Waals surface area contributed by atoms with Crippen LogP contribution in [0.3, 0.4) is 0 Å². The number of hydrogen-bond acceptors (Lipinski definition) is 3. The van der Waals surface area contributed by atoms with Crippen molar-refractivity contribution in [3.8, 4) is 5.69 Å². The molecule has 2 unspecified atom stereocenters. The van der Waals surface area contributed by atoms with E-state index >= 15 is 0 Å². The molecule has 3 heterocycles. The number of fused-ring (bicyclic) bond motifs is 7. The maximum Gasteiger partial charge on any atom is 0.142 e. The monoisotopic (exact) mass is 569 g/mol. The highest BCUT2D eigenvalue weighted by molar-refractivity contribution is 6.25. The Morgan fingerprint density at radius 2 is 0.955 bits per heavy atom. The lowest BCUT2D eigenvalue weighted by Crippen LogP contribution is -2.56.